The van der Waals surface area contributed by atoms with Crippen LogP contribution in [0, 0.1) is 12.8 Å². The van der Waals surface area contributed by atoms with Crippen LogP contribution >= 0.6 is 11.3 Å². The van der Waals surface area contributed by atoms with E-state index in [4.69, 9.17) is 0 Å². The summed E-state index contributed by atoms with van der Waals surface area (Å²) in [5.41, 5.74) is 1.66. The molecule has 26 heavy (non-hydrogen) atoms. The first kappa shape index (κ1) is 19.8. The molecule has 0 bridgehead atoms. The number of rotatable bonds is 8. The summed E-state index contributed by atoms with van der Waals surface area (Å²) in [4.78, 5) is 37.4. The lowest BCUT2D eigenvalue weighted by Crippen LogP contribution is -2.23. The quantitative estimate of drug-likeness (QED) is 0.690. The second-order valence-corrected chi connectivity index (χ2v) is 7.74. The molecule has 5 nitrogen and oxygen atoms in total. The topological polar surface area (TPSA) is 75.3 Å². The number of ketones is 1. The minimum atomic E-state index is -0.149. The van der Waals surface area contributed by atoms with Gasteiger partial charge in [0, 0.05) is 35.9 Å². The Morgan fingerprint density at radius 3 is 2.27 bits per heavy atom. The molecule has 138 valence electrons. The zero-order valence-electron chi connectivity index (χ0n) is 15.3. The van der Waals surface area contributed by atoms with Gasteiger partial charge < -0.3 is 10.6 Å². The molecule has 2 N–H and O–H groups in total. The predicted octanol–water partition coefficient (Wildman–Crippen LogP) is 3.93. The Bertz CT molecular complexity index is 779. The Morgan fingerprint density at radius 1 is 1.00 bits per heavy atom. The molecule has 0 aliphatic rings. The molecular weight excluding hydrogens is 348 g/mol. The van der Waals surface area contributed by atoms with Crippen LogP contribution in [0.25, 0.3) is 0 Å². The lowest BCUT2D eigenvalue weighted by molar-refractivity contribution is -0.121. The van der Waals surface area contributed by atoms with Gasteiger partial charge in [0.15, 0.2) is 5.78 Å². The summed E-state index contributed by atoms with van der Waals surface area (Å²) in [7, 11) is 0. The second kappa shape index (κ2) is 9.29. The van der Waals surface area contributed by atoms with Crippen LogP contribution in [0.3, 0.4) is 0 Å². The highest BCUT2D eigenvalue weighted by Crippen LogP contribution is 2.17. The summed E-state index contributed by atoms with van der Waals surface area (Å²) in [5.74, 6) is -0.251. The highest BCUT2D eigenvalue weighted by Gasteiger charge is 2.11. The van der Waals surface area contributed by atoms with Crippen molar-refractivity contribution in [2.24, 2.45) is 5.92 Å². The number of Topliss-reactive ketones (excluding diaryl/α,β-unsaturated/α-hetero) is 1. The van der Waals surface area contributed by atoms with Crippen molar-refractivity contribution in [3.8, 4) is 0 Å². The highest BCUT2D eigenvalue weighted by molar-refractivity contribution is 7.14. The van der Waals surface area contributed by atoms with Gasteiger partial charge >= 0.3 is 0 Å². The van der Waals surface area contributed by atoms with Crippen LogP contribution in [0.4, 0.5) is 5.69 Å². The number of carbonyl (C=O) groups excluding carboxylic acids is 3. The zero-order valence-corrected chi connectivity index (χ0v) is 16.1. The van der Waals surface area contributed by atoms with Gasteiger partial charge in [-0.1, -0.05) is 26.0 Å². The molecule has 0 spiro atoms. The third kappa shape index (κ3) is 6.11. The monoisotopic (exact) mass is 372 g/mol. The average molecular weight is 372 g/mol. The minimum Gasteiger partial charge on any atom is -0.352 e. The molecule has 0 unspecified atom stereocenters. The van der Waals surface area contributed by atoms with Crippen LogP contribution in [0.15, 0.2) is 36.4 Å². The van der Waals surface area contributed by atoms with Crippen LogP contribution in [0.5, 0.6) is 0 Å². The lowest BCUT2D eigenvalue weighted by Gasteiger charge is -2.09. The van der Waals surface area contributed by atoms with Crippen molar-refractivity contribution < 1.29 is 14.4 Å². The van der Waals surface area contributed by atoms with E-state index in [0.29, 0.717) is 11.4 Å². The summed E-state index contributed by atoms with van der Waals surface area (Å²) in [6, 6.07) is 11.0. The number of anilines is 1. The van der Waals surface area contributed by atoms with E-state index < -0.39 is 0 Å². The van der Waals surface area contributed by atoms with Crippen molar-refractivity contribution in [1.82, 2.24) is 5.32 Å². The normalized spacial score (nSPS) is 10.6. The molecule has 0 radical (unpaired) electrons. The lowest BCUT2D eigenvalue weighted by atomic mass is 10.1. The van der Waals surface area contributed by atoms with Crippen LogP contribution in [-0.4, -0.2) is 17.6 Å². The molecule has 1 aromatic carbocycles. The SMILES string of the molecule is Cc1ccc(C(=O)CCC(=O)NCc2ccc(NC(=O)C(C)C)cc2)s1. The first-order chi connectivity index (χ1) is 12.3. The number of nitrogens with one attached hydrogen (secondary N) is 2. The van der Waals surface area contributed by atoms with Gasteiger partial charge in [0.25, 0.3) is 0 Å². The largest absolute Gasteiger partial charge is 0.352 e. The smallest absolute Gasteiger partial charge is 0.226 e. The summed E-state index contributed by atoms with van der Waals surface area (Å²) in [6.45, 7) is 6.02. The van der Waals surface area contributed by atoms with E-state index in [1.807, 2.05) is 51.1 Å². The molecule has 0 aliphatic carbocycles. The molecule has 2 rings (SSSR count). The Hall–Kier alpha value is -2.47. The first-order valence-electron chi connectivity index (χ1n) is 8.61. The Kier molecular flexibility index (Phi) is 7.09. The molecule has 0 aliphatic heterocycles. The van der Waals surface area contributed by atoms with Gasteiger partial charge in [-0.3, -0.25) is 14.4 Å². The Labute approximate surface area is 157 Å². The third-order valence-corrected chi connectivity index (χ3v) is 4.87. The average Bonchev–Trinajstić information content (AvgIpc) is 3.05. The molecule has 2 amide bonds. The Morgan fingerprint density at radius 2 is 1.69 bits per heavy atom. The number of hydrogen-bond donors (Lipinski definition) is 2. The van der Waals surface area contributed by atoms with Crippen LogP contribution in [0.2, 0.25) is 0 Å². The van der Waals surface area contributed by atoms with Crippen LogP contribution < -0.4 is 10.6 Å². The Balaban J connectivity index is 1.75. The van der Waals surface area contributed by atoms with E-state index in [1.54, 1.807) is 6.07 Å². The maximum Gasteiger partial charge on any atom is 0.226 e. The molecule has 6 heteroatoms. The fourth-order valence-electron chi connectivity index (χ4n) is 2.22. The van der Waals surface area contributed by atoms with Gasteiger partial charge in [0.1, 0.15) is 0 Å². The fourth-order valence-corrected chi connectivity index (χ4v) is 3.05. The number of carbonyl (C=O) groups is 3. The molecule has 1 heterocycles. The van der Waals surface area contributed by atoms with Gasteiger partial charge in [-0.05, 0) is 36.8 Å². The van der Waals surface area contributed by atoms with E-state index in [2.05, 4.69) is 10.6 Å². The van der Waals surface area contributed by atoms with Crippen molar-refractivity contribution in [2.75, 3.05) is 5.32 Å². The highest BCUT2D eigenvalue weighted by atomic mass is 32.1. The standard InChI is InChI=1S/C20H24N2O3S/c1-13(2)20(25)22-16-7-5-15(6-8-16)12-21-19(24)11-9-17(23)18-10-4-14(3)26-18/h4-8,10,13H,9,11-12H2,1-3H3,(H,21,24)(H,22,25). The molecular formula is C20H24N2O3S. The number of hydrogen-bond acceptors (Lipinski definition) is 4. The molecule has 0 fully saturated rings. The van der Waals surface area contributed by atoms with Gasteiger partial charge in [-0.15, -0.1) is 11.3 Å². The van der Waals surface area contributed by atoms with E-state index in [-0.39, 0.29) is 36.4 Å². The summed E-state index contributed by atoms with van der Waals surface area (Å²) in [6.07, 6.45) is 0.393. The van der Waals surface area contributed by atoms with E-state index in [9.17, 15) is 14.4 Å². The number of benzene rings is 1. The van der Waals surface area contributed by atoms with E-state index in [1.165, 1.54) is 11.3 Å². The molecule has 0 saturated heterocycles. The van der Waals surface area contributed by atoms with E-state index >= 15 is 0 Å². The van der Waals surface area contributed by atoms with E-state index in [0.717, 1.165) is 16.1 Å². The van der Waals surface area contributed by atoms with Gasteiger partial charge in [0.05, 0.1) is 4.88 Å². The van der Waals surface area contributed by atoms with Crippen LogP contribution in [-0.2, 0) is 16.1 Å². The predicted molar refractivity (Wildman–Crippen MR) is 104 cm³/mol. The zero-order chi connectivity index (χ0) is 19.1. The number of aryl methyl sites for hydroxylation is 1. The van der Waals surface area contributed by atoms with Crippen molar-refractivity contribution >= 4 is 34.6 Å². The van der Waals surface area contributed by atoms with Crippen molar-refractivity contribution in [1.29, 1.82) is 0 Å². The van der Waals surface area contributed by atoms with Crippen molar-refractivity contribution in [3.63, 3.8) is 0 Å². The van der Waals surface area contributed by atoms with Gasteiger partial charge in [0.2, 0.25) is 11.8 Å². The van der Waals surface area contributed by atoms with Crippen molar-refractivity contribution in [2.45, 2.75) is 40.2 Å². The molecule has 0 atom stereocenters. The number of thiophene rings is 1. The third-order valence-electron chi connectivity index (χ3n) is 3.83. The summed E-state index contributed by atoms with van der Waals surface area (Å²) in [5, 5.41) is 5.64. The second-order valence-electron chi connectivity index (χ2n) is 6.45. The molecule has 1 aromatic heterocycles. The van der Waals surface area contributed by atoms with Gasteiger partial charge in [-0.2, -0.15) is 0 Å². The maximum atomic E-state index is 12.0. The number of amides is 2. The molecule has 0 saturated carbocycles. The summed E-state index contributed by atoms with van der Waals surface area (Å²) < 4.78 is 0. The van der Waals surface area contributed by atoms with Gasteiger partial charge in [-0.25, -0.2) is 0 Å². The fraction of sp³-hybridized carbons (Fsp3) is 0.350. The maximum absolute atomic E-state index is 12.0. The molecule has 2 aromatic rings. The summed E-state index contributed by atoms with van der Waals surface area (Å²) >= 11 is 1.45. The van der Waals surface area contributed by atoms with Crippen molar-refractivity contribution in [3.05, 3.63) is 51.7 Å². The minimum absolute atomic E-state index is 0.00324. The first-order valence-corrected chi connectivity index (χ1v) is 9.43. The van der Waals surface area contributed by atoms with Crippen LogP contribution in [0.1, 0.15) is 46.8 Å².